The van der Waals surface area contributed by atoms with Crippen molar-refractivity contribution in [2.24, 2.45) is 5.92 Å². The highest BCUT2D eigenvalue weighted by molar-refractivity contribution is 7.15. The van der Waals surface area contributed by atoms with Gasteiger partial charge in [0, 0.05) is 48.6 Å². The van der Waals surface area contributed by atoms with Crippen LogP contribution in [0.4, 0.5) is 5.13 Å². The monoisotopic (exact) mass is 713 g/mol. The maximum Gasteiger partial charge on any atom is 0.316 e. The third kappa shape index (κ3) is 8.04. The van der Waals surface area contributed by atoms with Crippen LogP contribution >= 0.6 is 11.3 Å². The summed E-state index contributed by atoms with van der Waals surface area (Å²) >= 11 is 1.37. The van der Waals surface area contributed by atoms with Crippen molar-refractivity contribution in [2.75, 3.05) is 31.5 Å². The Morgan fingerprint density at radius 2 is 1.92 bits per heavy atom. The van der Waals surface area contributed by atoms with Crippen LogP contribution in [-0.4, -0.2) is 69.2 Å². The standard InChI is InChI=1S/C39H47N5O6S/c45-31-12-10-29(30-11-13-35(48)42-36(30)31)32(46)23-40-21-28-22-41-38(51-28)43-34(47)9-5-7-25-6-4-8-27(20-25)39(16-2-1-3-17-39)37(49)50-33-24-44-18-14-26(33)15-19-44/h4,6,8,10-13,20,22,26,32-33,40,45-46H,1-3,5,7,9,14-19,21,23-24H2,(H,42,48)(H,41,43,47)/t32-,33?/m0/s1. The lowest BCUT2D eigenvalue weighted by atomic mass is 9.69. The van der Waals surface area contributed by atoms with E-state index in [2.05, 4.69) is 43.7 Å². The van der Waals surface area contributed by atoms with Crippen molar-refractivity contribution in [3.8, 4) is 5.75 Å². The number of nitrogens with one attached hydrogen (secondary N) is 3. The lowest BCUT2D eigenvalue weighted by Crippen LogP contribution is -2.53. The van der Waals surface area contributed by atoms with E-state index >= 15 is 0 Å². The number of pyridine rings is 1. The molecule has 0 spiro atoms. The molecule has 2 aromatic heterocycles. The first-order chi connectivity index (χ1) is 24.8. The van der Waals surface area contributed by atoms with Crippen LogP contribution < -0.4 is 16.2 Å². The first-order valence-corrected chi connectivity index (χ1v) is 19.1. The van der Waals surface area contributed by atoms with Crippen LogP contribution in [0, 0.1) is 5.92 Å². The minimum Gasteiger partial charge on any atom is -0.506 e. The lowest BCUT2D eigenvalue weighted by Gasteiger charge is -2.45. The number of phenolic OH excluding ortho intramolecular Hbond substituents is 1. The van der Waals surface area contributed by atoms with E-state index in [4.69, 9.17) is 4.74 Å². The molecule has 5 N–H and O–H groups in total. The van der Waals surface area contributed by atoms with Gasteiger partial charge in [0.1, 0.15) is 11.9 Å². The lowest BCUT2D eigenvalue weighted by molar-refractivity contribution is -0.167. The Balaban J connectivity index is 0.885. The van der Waals surface area contributed by atoms with Crippen molar-refractivity contribution >= 4 is 39.2 Å². The Labute approximate surface area is 301 Å². The number of H-pyrrole nitrogens is 1. The Hall–Kier alpha value is -4.10. The SMILES string of the molecule is O=C(CCCc1cccc(C2(C(=O)OC3CN4CCC3CC4)CCCCC2)c1)Nc1ncc(CNC[C@H](O)c2ccc(O)c3[nH]c(=O)ccc23)s1. The van der Waals surface area contributed by atoms with Crippen LogP contribution in [0.5, 0.6) is 5.75 Å². The number of aromatic amines is 1. The molecule has 2 atom stereocenters. The van der Waals surface area contributed by atoms with E-state index in [0.717, 1.165) is 87.0 Å². The molecule has 8 rings (SSSR count). The topological polar surface area (TPSA) is 157 Å². The van der Waals surface area contributed by atoms with E-state index in [9.17, 15) is 24.6 Å². The number of rotatable bonds is 13. The number of aromatic nitrogens is 2. The van der Waals surface area contributed by atoms with E-state index in [-0.39, 0.29) is 35.8 Å². The van der Waals surface area contributed by atoms with Crippen LogP contribution in [0.2, 0.25) is 0 Å². The number of aromatic hydroxyl groups is 1. The van der Waals surface area contributed by atoms with Gasteiger partial charge in [-0.2, -0.15) is 0 Å². The number of nitrogens with zero attached hydrogens (tertiary/aromatic N) is 2. The van der Waals surface area contributed by atoms with Crippen LogP contribution in [0.25, 0.3) is 10.9 Å². The van der Waals surface area contributed by atoms with Crippen LogP contribution in [0.1, 0.15) is 85.5 Å². The largest absolute Gasteiger partial charge is 0.506 e. The van der Waals surface area contributed by atoms with Gasteiger partial charge in [-0.15, -0.1) is 11.3 Å². The van der Waals surface area contributed by atoms with Crippen molar-refractivity contribution in [1.82, 2.24) is 20.2 Å². The number of phenols is 1. The molecule has 1 unspecified atom stereocenters. The molecule has 1 saturated carbocycles. The highest BCUT2D eigenvalue weighted by Crippen LogP contribution is 2.42. The summed E-state index contributed by atoms with van der Waals surface area (Å²) in [5.41, 5.74) is 2.14. The van der Waals surface area contributed by atoms with Crippen LogP contribution in [-0.2, 0) is 32.7 Å². The van der Waals surface area contributed by atoms with Gasteiger partial charge in [-0.3, -0.25) is 19.3 Å². The summed E-state index contributed by atoms with van der Waals surface area (Å²) in [6.07, 6.45) is 9.67. The molecule has 5 heterocycles. The molecule has 1 amide bonds. The maximum atomic E-state index is 13.9. The van der Waals surface area contributed by atoms with E-state index in [1.165, 1.54) is 23.5 Å². The van der Waals surface area contributed by atoms with Crippen molar-refractivity contribution in [2.45, 2.75) is 88.4 Å². The number of carbonyl (C=O) groups is 2. The number of benzene rings is 2. The van der Waals surface area contributed by atoms with Gasteiger partial charge in [-0.05, 0) is 86.4 Å². The number of thiazole rings is 1. The van der Waals surface area contributed by atoms with Gasteiger partial charge in [-0.1, -0.05) is 49.6 Å². The molecule has 4 fully saturated rings. The second-order valence-electron chi connectivity index (χ2n) is 14.4. The Kier molecular flexibility index (Phi) is 10.8. The molecule has 51 heavy (non-hydrogen) atoms. The zero-order valence-corrected chi connectivity index (χ0v) is 29.7. The number of piperidine rings is 3. The fourth-order valence-corrected chi connectivity index (χ4v) is 8.96. The fourth-order valence-electron chi connectivity index (χ4n) is 8.16. The summed E-state index contributed by atoms with van der Waals surface area (Å²) in [6, 6.07) is 14.4. The smallest absolute Gasteiger partial charge is 0.316 e. The maximum absolute atomic E-state index is 13.9. The van der Waals surface area contributed by atoms with Gasteiger partial charge < -0.3 is 30.6 Å². The first-order valence-electron chi connectivity index (χ1n) is 18.3. The molecular formula is C39H47N5O6S. The Bertz CT molecular complexity index is 1910. The highest BCUT2D eigenvalue weighted by atomic mass is 32.1. The summed E-state index contributed by atoms with van der Waals surface area (Å²) in [5, 5.41) is 28.2. The number of amides is 1. The van der Waals surface area contributed by atoms with E-state index < -0.39 is 11.5 Å². The number of anilines is 1. The second-order valence-corrected chi connectivity index (χ2v) is 15.5. The zero-order chi connectivity index (χ0) is 35.4. The van der Waals surface area contributed by atoms with Crippen molar-refractivity contribution in [1.29, 1.82) is 0 Å². The van der Waals surface area contributed by atoms with Crippen molar-refractivity contribution in [3.63, 3.8) is 0 Å². The quantitative estimate of drug-likeness (QED) is 0.116. The number of carbonyl (C=O) groups excluding carboxylic acids is 2. The van der Waals surface area contributed by atoms with Crippen molar-refractivity contribution in [3.05, 3.63) is 86.6 Å². The molecule has 1 aliphatic carbocycles. The molecule has 4 aliphatic rings. The van der Waals surface area contributed by atoms with E-state index in [0.29, 0.717) is 46.9 Å². The number of aliphatic hydroxyl groups excluding tert-OH is 1. The normalized spacial score (nSPS) is 21.7. The third-order valence-electron chi connectivity index (χ3n) is 11.0. The molecule has 0 radical (unpaired) electrons. The minimum absolute atomic E-state index is 0.00561. The van der Waals surface area contributed by atoms with Gasteiger partial charge in [0.2, 0.25) is 11.5 Å². The molecule has 270 valence electrons. The summed E-state index contributed by atoms with van der Waals surface area (Å²) in [5.74, 6) is 0.285. The molecule has 3 saturated heterocycles. The van der Waals surface area contributed by atoms with Gasteiger partial charge in [-0.25, -0.2) is 4.98 Å². The van der Waals surface area contributed by atoms with Gasteiger partial charge in [0.15, 0.2) is 5.13 Å². The number of hydrogen-bond acceptors (Lipinski definition) is 10. The van der Waals surface area contributed by atoms with Gasteiger partial charge >= 0.3 is 5.97 Å². The fraction of sp³-hybridized carbons (Fsp3) is 0.487. The summed E-state index contributed by atoms with van der Waals surface area (Å²) < 4.78 is 6.33. The molecule has 2 aromatic carbocycles. The van der Waals surface area contributed by atoms with E-state index in [1.54, 1.807) is 18.3 Å². The first kappa shape index (κ1) is 35.3. The molecule has 12 heteroatoms. The average molecular weight is 714 g/mol. The summed E-state index contributed by atoms with van der Waals surface area (Å²) in [6.45, 7) is 3.78. The second kappa shape index (κ2) is 15.6. The molecule has 4 aromatic rings. The van der Waals surface area contributed by atoms with Gasteiger partial charge in [0.25, 0.3) is 0 Å². The Morgan fingerprint density at radius 1 is 1.10 bits per heavy atom. The van der Waals surface area contributed by atoms with Gasteiger partial charge in [0.05, 0.1) is 17.0 Å². The van der Waals surface area contributed by atoms with Crippen LogP contribution in [0.3, 0.4) is 0 Å². The predicted molar refractivity (Wildman–Crippen MR) is 197 cm³/mol. The van der Waals surface area contributed by atoms with Crippen molar-refractivity contribution < 1.29 is 24.5 Å². The number of aryl methyl sites for hydroxylation is 1. The average Bonchev–Trinajstić information content (AvgIpc) is 3.59. The molecular weight excluding hydrogens is 667 g/mol. The molecule has 11 nitrogen and oxygen atoms in total. The summed E-state index contributed by atoms with van der Waals surface area (Å²) in [4.78, 5) is 48.7. The Morgan fingerprint density at radius 3 is 2.71 bits per heavy atom. The molecule has 2 bridgehead atoms. The number of esters is 1. The summed E-state index contributed by atoms with van der Waals surface area (Å²) in [7, 11) is 0. The minimum atomic E-state index is -0.871. The predicted octanol–water partition coefficient (Wildman–Crippen LogP) is 5.31. The third-order valence-corrected chi connectivity index (χ3v) is 11.9. The molecule has 3 aliphatic heterocycles. The number of ether oxygens (including phenoxy) is 1. The van der Waals surface area contributed by atoms with E-state index in [1.807, 2.05) is 6.07 Å². The number of fused-ring (bicyclic) bond motifs is 4. The van der Waals surface area contributed by atoms with Crippen LogP contribution in [0.15, 0.2) is 59.5 Å². The highest BCUT2D eigenvalue weighted by Gasteiger charge is 2.46. The zero-order valence-electron chi connectivity index (χ0n) is 28.9. The number of hydrogen-bond donors (Lipinski definition) is 5. The number of aliphatic hydroxyl groups is 1.